The van der Waals surface area contributed by atoms with Gasteiger partial charge in [0.15, 0.2) is 6.54 Å². The Balaban J connectivity index is 1.72. The second-order valence-corrected chi connectivity index (χ2v) is 8.83. The summed E-state index contributed by atoms with van der Waals surface area (Å²) < 4.78 is 2.31. The van der Waals surface area contributed by atoms with Gasteiger partial charge in [-0.15, -0.1) is 0 Å². The third-order valence-electron chi connectivity index (χ3n) is 5.37. The van der Waals surface area contributed by atoms with Gasteiger partial charge >= 0.3 is 5.17 Å². The van der Waals surface area contributed by atoms with Crippen LogP contribution in [0.15, 0.2) is 48.5 Å². The first-order valence-corrected chi connectivity index (χ1v) is 11.1. The lowest BCUT2D eigenvalue weighted by Gasteiger charge is -2.28. The minimum absolute atomic E-state index is 0.578. The van der Waals surface area contributed by atoms with E-state index in [9.17, 15) is 5.11 Å². The van der Waals surface area contributed by atoms with Crippen molar-refractivity contribution in [3.8, 4) is 0 Å². The first-order chi connectivity index (χ1) is 13.1. The Morgan fingerprint density at radius 3 is 2.59 bits per heavy atom. The van der Waals surface area contributed by atoms with Crippen LogP contribution in [0.1, 0.15) is 37.3 Å². The molecule has 2 heterocycles. The number of hydrogen-bond donors (Lipinski definition) is 1. The molecule has 3 nitrogen and oxygen atoms in total. The fourth-order valence-corrected chi connectivity index (χ4v) is 5.21. The van der Waals surface area contributed by atoms with E-state index in [2.05, 4.69) is 40.7 Å². The number of thioether (sulfide) groups is 1. The van der Waals surface area contributed by atoms with Crippen molar-refractivity contribution in [3.63, 3.8) is 0 Å². The number of aryl methyl sites for hydroxylation is 1. The predicted molar refractivity (Wildman–Crippen MR) is 115 cm³/mol. The Morgan fingerprint density at radius 2 is 1.89 bits per heavy atom. The molecule has 4 rings (SSSR count). The Morgan fingerprint density at radius 1 is 1.15 bits per heavy atom. The van der Waals surface area contributed by atoms with E-state index in [4.69, 9.17) is 11.6 Å². The highest BCUT2D eigenvalue weighted by Gasteiger charge is 2.55. The lowest BCUT2D eigenvalue weighted by atomic mass is 10.0. The van der Waals surface area contributed by atoms with Crippen LogP contribution in [0.4, 0.5) is 5.69 Å². The SMILES string of the molecule is CCCCc1ccc(N2C3=[N+](CCCS3)CC2(O)c2ccc(Cl)cc2)cc1. The van der Waals surface area contributed by atoms with E-state index in [1.54, 1.807) is 0 Å². The normalized spacial score (nSPS) is 22.3. The highest BCUT2D eigenvalue weighted by atomic mass is 35.5. The smallest absolute Gasteiger partial charge is 0.316 e. The van der Waals surface area contributed by atoms with Crippen molar-refractivity contribution in [2.75, 3.05) is 23.7 Å². The molecule has 0 spiro atoms. The van der Waals surface area contributed by atoms with Gasteiger partial charge in [-0.3, -0.25) is 0 Å². The third-order valence-corrected chi connectivity index (χ3v) is 6.81. The molecule has 2 aliphatic rings. The lowest BCUT2D eigenvalue weighted by molar-refractivity contribution is -0.532. The summed E-state index contributed by atoms with van der Waals surface area (Å²) in [6.07, 6.45) is 4.66. The number of halogens is 1. The number of rotatable bonds is 5. The maximum absolute atomic E-state index is 11.8. The molecule has 0 radical (unpaired) electrons. The van der Waals surface area contributed by atoms with E-state index < -0.39 is 5.72 Å². The van der Waals surface area contributed by atoms with Gasteiger partial charge in [0.25, 0.3) is 5.72 Å². The highest BCUT2D eigenvalue weighted by molar-refractivity contribution is 8.14. The molecule has 0 saturated carbocycles. The molecule has 27 heavy (non-hydrogen) atoms. The summed E-state index contributed by atoms with van der Waals surface area (Å²) in [6, 6.07) is 16.3. The van der Waals surface area contributed by atoms with Crippen molar-refractivity contribution in [2.24, 2.45) is 0 Å². The van der Waals surface area contributed by atoms with Gasteiger partial charge in [-0.1, -0.05) is 49.2 Å². The first-order valence-electron chi connectivity index (χ1n) is 9.74. The van der Waals surface area contributed by atoms with Gasteiger partial charge in [-0.2, -0.15) is 4.90 Å². The maximum Gasteiger partial charge on any atom is 0.316 e. The second kappa shape index (κ2) is 7.86. The average Bonchev–Trinajstić information content (AvgIpc) is 3.00. The molecule has 142 valence electrons. The number of amidine groups is 1. The van der Waals surface area contributed by atoms with Gasteiger partial charge in [0, 0.05) is 16.3 Å². The number of nitrogens with zero attached hydrogens (tertiary/aromatic N) is 2. The van der Waals surface area contributed by atoms with Gasteiger partial charge in [0.2, 0.25) is 0 Å². The van der Waals surface area contributed by atoms with Gasteiger partial charge in [0.1, 0.15) is 5.69 Å². The Hall–Kier alpha value is -1.49. The molecule has 0 amide bonds. The molecule has 1 unspecified atom stereocenters. The first kappa shape index (κ1) is 18.9. The molecule has 0 aliphatic carbocycles. The number of hydrogen-bond acceptors (Lipinski definition) is 3. The van der Waals surface area contributed by atoms with Gasteiger partial charge in [0.05, 0.1) is 6.54 Å². The summed E-state index contributed by atoms with van der Waals surface area (Å²) in [5, 5.41) is 13.7. The second-order valence-electron chi connectivity index (χ2n) is 7.34. The van der Waals surface area contributed by atoms with E-state index in [0.717, 1.165) is 41.6 Å². The fourth-order valence-electron chi connectivity index (χ4n) is 3.91. The molecule has 1 N–H and O–H groups in total. The van der Waals surface area contributed by atoms with E-state index in [-0.39, 0.29) is 0 Å². The zero-order chi connectivity index (χ0) is 18.9. The van der Waals surface area contributed by atoms with Crippen LogP contribution in [0.25, 0.3) is 0 Å². The molecular formula is C22H26ClN2OS+. The summed E-state index contributed by atoms with van der Waals surface area (Å²) in [7, 11) is 0. The number of anilines is 1. The van der Waals surface area contributed by atoms with Gasteiger partial charge < -0.3 is 5.11 Å². The quantitative estimate of drug-likeness (QED) is 0.725. The molecule has 0 fully saturated rings. The topological polar surface area (TPSA) is 26.5 Å². The van der Waals surface area contributed by atoms with Crippen LogP contribution in [-0.4, -0.2) is 33.7 Å². The van der Waals surface area contributed by atoms with Crippen LogP contribution in [0.2, 0.25) is 5.02 Å². The van der Waals surface area contributed by atoms with E-state index in [1.165, 1.54) is 18.4 Å². The van der Waals surface area contributed by atoms with Crippen molar-refractivity contribution in [1.82, 2.24) is 0 Å². The fraction of sp³-hybridized carbons (Fsp3) is 0.409. The Kier molecular flexibility index (Phi) is 5.49. The van der Waals surface area contributed by atoms with Crippen molar-refractivity contribution in [2.45, 2.75) is 38.3 Å². The number of unbranched alkanes of at least 4 members (excludes halogenated alkanes) is 1. The molecule has 2 aromatic carbocycles. The summed E-state index contributed by atoms with van der Waals surface area (Å²) in [5.74, 6) is 1.09. The Bertz CT molecular complexity index is 834. The van der Waals surface area contributed by atoms with Crippen LogP contribution < -0.4 is 4.90 Å². The molecule has 1 atom stereocenters. The molecular weight excluding hydrogens is 376 g/mol. The van der Waals surface area contributed by atoms with Crippen LogP contribution in [0.3, 0.4) is 0 Å². The van der Waals surface area contributed by atoms with Gasteiger partial charge in [-0.05, 0) is 60.9 Å². The minimum Gasteiger partial charge on any atom is -0.346 e. The number of benzene rings is 2. The van der Waals surface area contributed by atoms with Crippen LogP contribution in [0.5, 0.6) is 0 Å². The van der Waals surface area contributed by atoms with E-state index >= 15 is 0 Å². The summed E-state index contributed by atoms with van der Waals surface area (Å²) >= 11 is 7.92. The Labute approximate surface area is 170 Å². The molecule has 2 aromatic rings. The van der Waals surface area contributed by atoms with Crippen molar-refractivity contribution >= 4 is 34.2 Å². The number of aliphatic hydroxyl groups is 1. The van der Waals surface area contributed by atoms with E-state index in [1.807, 2.05) is 36.0 Å². The molecule has 0 bridgehead atoms. The molecule has 5 heteroatoms. The summed E-state index contributed by atoms with van der Waals surface area (Å²) in [6.45, 7) is 3.79. The van der Waals surface area contributed by atoms with Crippen molar-refractivity contribution < 1.29 is 9.68 Å². The summed E-state index contributed by atoms with van der Waals surface area (Å²) in [4.78, 5) is 2.11. The van der Waals surface area contributed by atoms with Crippen molar-refractivity contribution in [1.29, 1.82) is 0 Å². The molecule has 2 aliphatic heterocycles. The average molecular weight is 402 g/mol. The molecule has 0 aromatic heterocycles. The van der Waals surface area contributed by atoms with Crippen molar-refractivity contribution in [3.05, 3.63) is 64.7 Å². The van der Waals surface area contributed by atoms with E-state index in [0.29, 0.717) is 11.6 Å². The monoisotopic (exact) mass is 401 g/mol. The lowest BCUT2D eigenvalue weighted by Crippen LogP contribution is -2.46. The van der Waals surface area contributed by atoms with Gasteiger partial charge in [-0.25, -0.2) is 4.58 Å². The van der Waals surface area contributed by atoms with Crippen LogP contribution in [-0.2, 0) is 12.1 Å². The zero-order valence-corrected chi connectivity index (χ0v) is 17.3. The largest absolute Gasteiger partial charge is 0.346 e. The van der Waals surface area contributed by atoms with Crippen LogP contribution in [0, 0.1) is 0 Å². The molecule has 0 saturated heterocycles. The van der Waals surface area contributed by atoms with Crippen LogP contribution >= 0.6 is 23.4 Å². The zero-order valence-electron chi connectivity index (χ0n) is 15.7. The summed E-state index contributed by atoms with van der Waals surface area (Å²) in [5.41, 5.74) is 2.19. The standard InChI is InChI=1S/C22H26ClN2OS/c1-2-3-5-17-6-12-20(13-7-17)25-21-24(14-4-15-27-21)16-22(25,26)18-8-10-19(23)11-9-18/h6-13,26H,2-5,14-16H2,1H3/q+1. The predicted octanol–water partition coefficient (Wildman–Crippen LogP) is 4.85. The maximum atomic E-state index is 11.8. The third kappa shape index (κ3) is 3.63. The highest BCUT2D eigenvalue weighted by Crippen LogP contribution is 2.40. The minimum atomic E-state index is -1.08.